The van der Waals surface area contributed by atoms with Gasteiger partial charge in [-0.05, 0) is 57.0 Å². The fourth-order valence-corrected chi connectivity index (χ4v) is 3.68. The zero-order valence-corrected chi connectivity index (χ0v) is 20.3. The number of methoxy groups -OCH3 is 2. The summed E-state index contributed by atoms with van der Waals surface area (Å²) in [6, 6.07) is 12.5. The molecule has 182 valence electrons. The van der Waals surface area contributed by atoms with E-state index in [0.717, 1.165) is 0 Å². The van der Waals surface area contributed by atoms with E-state index in [4.69, 9.17) is 18.9 Å². The molecule has 8 nitrogen and oxygen atoms in total. The normalized spacial score (nSPS) is 13.6. The minimum Gasteiger partial charge on any atom is -0.493 e. The Morgan fingerprint density at radius 3 is 2.35 bits per heavy atom. The summed E-state index contributed by atoms with van der Waals surface area (Å²) < 4.78 is 22.0. The van der Waals surface area contributed by atoms with Crippen LogP contribution in [0.15, 0.2) is 48.2 Å². The molecular formula is C26H32N2O6. The van der Waals surface area contributed by atoms with Crippen LogP contribution in [0.5, 0.6) is 17.2 Å². The van der Waals surface area contributed by atoms with Crippen LogP contribution >= 0.6 is 0 Å². The van der Waals surface area contributed by atoms with E-state index in [2.05, 4.69) is 5.32 Å². The highest BCUT2D eigenvalue weighted by atomic mass is 16.5. The standard InChI is InChI=1S/C26H32N2O6/c1-6-33-20-11-8-7-10-19(20)27-24-23(18-12-13-21(31-4)22(16-18)32-5)25(29)28(26(24)30)14-9-15-34-17(2)3/h7-8,10-13,16-17,27H,6,9,14-15H2,1-5H3. The topological polar surface area (TPSA) is 86.3 Å². The second kappa shape index (κ2) is 11.6. The molecule has 0 saturated heterocycles. The summed E-state index contributed by atoms with van der Waals surface area (Å²) in [5, 5.41) is 3.17. The van der Waals surface area contributed by atoms with Crippen LogP contribution in [0.25, 0.3) is 5.57 Å². The summed E-state index contributed by atoms with van der Waals surface area (Å²) in [5.74, 6) is 0.810. The van der Waals surface area contributed by atoms with Gasteiger partial charge in [0.2, 0.25) is 0 Å². The van der Waals surface area contributed by atoms with E-state index < -0.39 is 5.91 Å². The fourth-order valence-electron chi connectivity index (χ4n) is 3.68. The van der Waals surface area contributed by atoms with Gasteiger partial charge in [-0.2, -0.15) is 0 Å². The van der Waals surface area contributed by atoms with Crippen molar-refractivity contribution in [3.8, 4) is 17.2 Å². The Kier molecular flexibility index (Phi) is 8.54. The van der Waals surface area contributed by atoms with E-state index in [-0.39, 0.29) is 29.8 Å². The van der Waals surface area contributed by atoms with Gasteiger partial charge in [0.25, 0.3) is 11.8 Å². The van der Waals surface area contributed by atoms with Crippen molar-refractivity contribution >= 4 is 23.1 Å². The molecule has 0 saturated carbocycles. The first-order chi connectivity index (χ1) is 16.4. The highest BCUT2D eigenvalue weighted by Crippen LogP contribution is 2.37. The van der Waals surface area contributed by atoms with E-state index in [9.17, 15) is 9.59 Å². The average molecular weight is 469 g/mol. The number of hydrogen-bond donors (Lipinski definition) is 1. The number of carbonyl (C=O) groups is 2. The third kappa shape index (κ3) is 5.51. The number of rotatable bonds is 12. The average Bonchev–Trinajstić information content (AvgIpc) is 3.06. The third-order valence-electron chi connectivity index (χ3n) is 5.26. The van der Waals surface area contributed by atoms with Crippen LogP contribution in [0.1, 0.15) is 32.8 Å². The maximum atomic E-state index is 13.5. The minimum absolute atomic E-state index is 0.0812. The van der Waals surface area contributed by atoms with Gasteiger partial charge in [0.15, 0.2) is 11.5 Å². The molecule has 0 aromatic heterocycles. The lowest BCUT2D eigenvalue weighted by Gasteiger charge is -2.16. The third-order valence-corrected chi connectivity index (χ3v) is 5.26. The fraction of sp³-hybridized carbons (Fsp3) is 0.385. The van der Waals surface area contributed by atoms with Crippen molar-refractivity contribution < 1.29 is 28.5 Å². The number of para-hydroxylation sites is 2. The highest BCUT2D eigenvalue weighted by Gasteiger charge is 2.39. The molecule has 2 aromatic carbocycles. The summed E-state index contributed by atoms with van der Waals surface area (Å²) in [6.07, 6.45) is 0.621. The SMILES string of the molecule is CCOc1ccccc1NC1=C(c2ccc(OC)c(OC)c2)C(=O)N(CCCOC(C)C)C1=O. The second-order valence-electron chi connectivity index (χ2n) is 7.91. The number of ether oxygens (including phenoxy) is 4. The first-order valence-electron chi connectivity index (χ1n) is 11.3. The molecule has 0 radical (unpaired) electrons. The van der Waals surface area contributed by atoms with Gasteiger partial charge in [0.1, 0.15) is 11.4 Å². The van der Waals surface area contributed by atoms with Crippen LogP contribution in [-0.4, -0.2) is 56.8 Å². The van der Waals surface area contributed by atoms with Crippen molar-refractivity contribution in [3.63, 3.8) is 0 Å². The summed E-state index contributed by atoms with van der Waals surface area (Å²) in [4.78, 5) is 28.2. The van der Waals surface area contributed by atoms with Crippen LogP contribution in [0, 0.1) is 0 Å². The Labute approximate surface area is 200 Å². The summed E-state index contributed by atoms with van der Waals surface area (Å²) in [5.41, 5.74) is 1.60. The Morgan fingerprint density at radius 2 is 1.68 bits per heavy atom. The second-order valence-corrected chi connectivity index (χ2v) is 7.91. The molecule has 2 aromatic rings. The number of amides is 2. The molecule has 1 heterocycles. The highest BCUT2D eigenvalue weighted by molar-refractivity contribution is 6.36. The van der Waals surface area contributed by atoms with Crippen molar-refractivity contribution in [2.24, 2.45) is 0 Å². The van der Waals surface area contributed by atoms with Gasteiger partial charge in [-0.1, -0.05) is 18.2 Å². The molecule has 2 amide bonds. The number of nitrogens with one attached hydrogen (secondary N) is 1. The molecule has 0 unspecified atom stereocenters. The van der Waals surface area contributed by atoms with E-state index >= 15 is 0 Å². The number of imide groups is 1. The van der Waals surface area contributed by atoms with Crippen molar-refractivity contribution in [2.45, 2.75) is 33.3 Å². The lowest BCUT2D eigenvalue weighted by molar-refractivity contribution is -0.137. The smallest absolute Gasteiger partial charge is 0.278 e. The van der Waals surface area contributed by atoms with Crippen LogP contribution < -0.4 is 19.5 Å². The molecule has 1 aliphatic heterocycles. The van der Waals surface area contributed by atoms with Crippen molar-refractivity contribution in [1.82, 2.24) is 4.90 Å². The molecule has 3 rings (SSSR count). The predicted molar refractivity (Wildman–Crippen MR) is 130 cm³/mol. The van der Waals surface area contributed by atoms with Crippen molar-refractivity contribution in [2.75, 3.05) is 39.3 Å². The van der Waals surface area contributed by atoms with E-state index in [1.165, 1.54) is 12.0 Å². The van der Waals surface area contributed by atoms with Gasteiger partial charge >= 0.3 is 0 Å². The summed E-state index contributed by atoms with van der Waals surface area (Å²) in [6.45, 7) is 6.95. The van der Waals surface area contributed by atoms with Crippen LogP contribution in [0.2, 0.25) is 0 Å². The maximum absolute atomic E-state index is 13.5. The molecule has 0 atom stereocenters. The zero-order valence-electron chi connectivity index (χ0n) is 20.3. The molecule has 0 aliphatic carbocycles. The quantitative estimate of drug-likeness (QED) is 0.371. The molecule has 0 bridgehead atoms. The molecular weight excluding hydrogens is 436 g/mol. The van der Waals surface area contributed by atoms with Crippen LogP contribution in [-0.2, 0) is 14.3 Å². The number of benzene rings is 2. The molecule has 34 heavy (non-hydrogen) atoms. The van der Waals surface area contributed by atoms with Gasteiger partial charge in [0, 0.05) is 13.2 Å². The van der Waals surface area contributed by atoms with Crippen molar-refractivity contribution in [1.29, 1.82) is 0 Å². The Hall–Kier alpha value is -3.52. The van der Waals surface area contributed by atoms with E-state index in [1.807, 2.05) is 39.0 Å². The van der Waals surface area contributed by atoms with Gasteiger partial charge < -0.3 is 24.3 Å². The molecule has 0 spiro atoms. The largest absolute Gasteiger partial charge is 0.493 e. The summed E-state index contributed by atoms with van der Waals surface area (Å²) >= 11 is 0. The Morgan fingerprint density at radius 1 is 0.941 bits per heavy atom. The predicted octanol–water partition coefficient (Wildman–Crippen LogP) is 4.11. The van der Waals surface area contributed by atoms with Crippen LogP contribution in [0.3, 0.4) is 0 Å². The Bertz CT molecular complexity index is 1060. The zero-order chi connectivity index (χ0) is 24.7. The number of carbonyl (C=O) groups excluding carboxylic acids is 2. The van der Waals surface area contributed by atoms with E-state index in [1.54, 1.807) is 31.4 Å². The van der Waals surface area contributed by atoms with Gasteiger partial charge in [0.05, 0.1) is 38.2 Å². The molecule has 0 fully saturated rings. The monoisotopic (exact) mass is 468 g/mol. The first-order valence-corrected chi connectivity index (χ1v) is 11.3. The number of hydrogen-bond acceptors (Lipinski definition) is 7. The number of anilines is 1. The van der Waals surface area contributed by atoms with Gasteiger partial charge in [-0.25, -0.2) is 0 Å². The first kappa shape index (κ1) is 25.1. The van der Waals surface area contributed by atoms with E-state index in [0.29, 0.717) is 48.1 Å². The Balaban J connectivity index is 2.00. The number of nitrogens with zero attached hydrogens (tertiary/aromatic N) is 1. The maximum Gasteiger partial charge on any atom is 0.278 e. The van der Waals surface area contributed by atoms with Gasteiger partial charge in [-0.15, -0.1) is 0 Å². The summed E-state index contributed by atoms with van der Waals surface area (Å²) in [7, 11) is 3.07. The molecule has 1 N–H and O–H groups in total. The molecule has 8 heteroatoms. The lowest BCUT2D eigenvalue weighted by atomic mass is 10.0. The molecule has 1 aliphatic rings. The minimum atomic E-state index is -0.398. The van der Waals surface area contributed by atoms with Crippen LogP contribution in [0.4, 0.5) is 5.69 Å². The lowest BCUT2D eigenvalue weighted by Crippen LogP contribution is -2.34. The van der Waals surface area contributed by atoms with Crippen molar-refractivity contribution in [3.05, 3.63) is 53.7 Å². The van der Waals surface area contributed by atoms with Gasteiger partial charge in [-0.3, -0.25) is 14.5 Å².